The highest BCUT2D eigenvalue weighted by Crippen LogP contribution is 2.24. The molecule has 0 bridgehead atoms. The quantitative estimate of drug-likeness (QED) is 0.426. The number of hydrogen-bond donors (Lipinski definition) is 4. The number of nitrogens with one attached hydrogen (secondary N) is 4. The monoisotopic (exact) mass is 457 g/mol. The van der Waals surface area contributed by atoms with Gasteiger partial charge in [-0.25, -0.2) is 8.42 Å². The first-order valence-electron chi connectivity index (χ1n) is 9.68. The third-order valence-corrected chi connectivity index (χ3v) is 6.87. The maximum Gasteiger partial charge on any atom is 0.272 e. The molecule has 2 amide bonds. The number of hydrogen-bond acceptors (Lipinski definition) is 6. The summed E-state index contributed by atoms with van der Waals surface area (Å²) in [5.41, 5.74) is -0.363. The summed E-state index contributed by atoms with van der Waals surface area (Å²) in [6, 6.07) is 10.6. The van der Waals surface area contributed by atoms with E-state index in [1.165, 1.54) is 34.6 Å². The van der Waals surface area contributed by atoms with Crippen LogP contribution in [0.4, 0.5) is 11.4 Å². The minimum Gasteiger partial charge on any atom is -0.343 e. The second-order valence-electron chi connectivity index (χ2n) is 7.16. The van der Waals surface area contributed by atoms with Crippen molar-refractivity contribution < 1.29 is 18.0 Å². The summed E-state index contributed by atoms with van der Waals surface area (Å²) in [4.78, 5) is 48.8. The Morgan fingerprint density at radius 1 is 1.03 bits per heavy atom. The van der Waals surface area contributed by atoms with Crippen LogP contribution in [-0.2, 0) is 14.8 Å². The van der Waals surface area contributed by atoms with Gasteiger partial charge in [0, 0.05) is 12.1 Å². The molecule has 0 aliphatic carbocycles. The van der Waals surface area contributed by atoms with Gasteiger partial charge in [0.2, 0.25) is 15.9 Å². The van der Waals surface area contributed by atoms with Crippen molar-refractivity contribution in [3.8, 4) is 0 Å². The van der Waals surface area contributed by atoms with E-state index in [1.807, 2.05) is 0 Å². The number of amides is 2. The minimum absolute atomic E-state index is 0.0236. The number of anilines is 2. The van der Waals surface area contributed by atoms with Gasteiger partial charge in [0.15, 0.2) is 0 Å². The number of sulfonamides is 1. The van der Waals surface area contributed by atoms with Crippen LogP contribution < -0.4 is 26.1 Å². The first kappa shape index (κ1) is 21.3. The summed E-state index contributed by atoms with van der Waals surface area (Å²) in [6.07, 6.45) is 0.516. The Bertz CT molecular complexity index is 1440. The van der Waals surface area contributed by atoms with Gasteiger partial charge in [-0.15, -0.1) is 0 Å². The number of carbonyl (C=O) groups excluding carboxylic acids is 2. The van der Waals surface area contributed by atoms with Crippen molar-refractivity contribution in [3.63, 3.8) is 0 Å². The van der Waals surface area contributed by atoms with Crippen molar-refractivity contribution in [1.29, 1.82) is 0 Å². The Balaban J connectivity index is 1.46. The van der Waals surface area contributed by atoms with E-state index < -0.39 is 39.5 Å². The average molecular weight is 457 g/mol. The zero-order valence-electron chi connectivity index (χ0n) is 16.7. The van der Waals surface area contributed by atoms with Crippen LogP contribution in [0.5, 0.6) is 0 Å². The summed E-state index contributed by atoms with van der Waals surface area (Å²) in [7, 11) is -3.38. The number of aromatic nitrogens is 2. The Morgan fingerprint density at radius 2 is 1.78 bits per heavy atom. The Morgan fingerprint density at radius 3 is 2.53 bits per heavy atom. The van der Waals surface area contributed by atoms with E-state index in [0.717, 1.165) is 0 Å². The Kier molecular flexibility index (Phi) is 5.53. The van der Waals surface area contributed by atoms with E-state index in [-0.39, 0.29) is 27.8 Å². The van der Waals surface area contributed by atoms with Crippen molar-refractivity contribution >= 4 is 44.0 Å². The first-order valence-corrected chi connectivity index (χ1v) is 11.3. The van der Waals surface area contributed by atoms with E-state index in [9.17, 15) is 27.6 Å². The van der Waals surface area contributed by atoms with Gasteiger partial charge in [0.05, 0.1) is 34.4 Å². The third kappa shape index (κ3) is 4.12. The largest absolute Gasteiger partial charge is 0.343 e. The lowest BCUT2D eigenvalue weighted by Gasteiger charge is -2.17. The minimum atomic E-state index is -3.38. The lowest BCUT2D eigenvalue weighted by molar-refractivity contribution is -0.115. The predicted molar refractivity (Wildman–Crippen MR) is 118 cm³/mol. The molecular formula is C20H19N5O6S. The Hall–Kier alpha value is -3.93. The van der Waals surface area contributed by atoms with Gasteiger partial charge in [0.1, 0.15) is 0 Å². The number of nitrogens with zero attached hydrogens (tertiary/aromatic N) is 1. The van der Waals surface area contributed by atoms with E-state index >= 15 is 0 Å². The zero-order chi connectivity index (χ0) is 22.9. The van der Waals surface area contributed by atoms with E-state index in [1.54, 1.807) is 12.1 Å². The van der Waals surface area contributed by atoms with E-state index in [2.05, 4.69) is 20.8 Å². The third-order valence-electron chi connectivity index (χ3n) is 5.00. The van der Waals surface area contributed by atoms with Gasteiger partial charge in [0.25, 0.3) is 17.0 Å². The summed E-state index contributed by atoms with van der Waals surface area (Å²) < 4.78 is 25.5. The van der Waals surface area contributed by atoms with Gasteiger partial charge in [-0.05, 0) is 36.8 Å². The van der Waals surface area contributed by atoms with Crippen molar-refractivity contribution in [2.24, 2.45) is 0 Å². The fourth-order valence-corrected chi connectivity index (χ4v) is 5.08. The maximum absolute atomic E-state index is 12.5. The molecule has 2 heterocycles. The second-order valence-corrected chi connectivity index (χ2v) is 9.17. The highest BCUT2D eigenvalue weighted by Gasteiger charge is 2.28. The molecule has 0 spiro atoms. The normalized spacial score (nSPS) is 14.9. The number of aromatic amines is 2. The fraction of sp³-hybridized carbons (Fsp3) is 0.200. The molecule has 4 N–H and O–H groups in total. The highest BCUT2D eigenvalue weighted by molar-refractivity contribution is 7.93. The van der Waals surface area contributed by atoms with Crippen LogP contribution in [0.25, 0.3) is 10.8 Å². The van der Waals surface area contributed by atoms with Crippen LogP contribution in [0.3, 0.4) is 0 Å². The smallest absolute Gasteiger partial charge is 0.272 e. The summed E-state index contributed by atoms with van der Waals surface area (Å²) in [5, 5.41) is 9.52. The van der Waals surface area contributed by atoms with Crippen LogP contribution in [0, 0.1) is 0 Å². The zero-order valence-corrected chi connectivity index (χ0v) is 17.5. The van der Waals surface area contributed by atoms with Crippen molar-refractivity contribution in [1.82, 2.24) is 15.5 Å². The molecule has 0 saturated carbocycles. The molecule has 1 aliphatic rings. The molecule has 0 radical (unpaired) electrons. The molecule has 1 saturated heterocycles. The molecule has 0 unspecified atom stereocenters. The number of carbonyl (C=O) groups is 2. The standard InChI is InChI=1S/C20H19N5O6S/c26-16(22-15-7-2-6-14-17(15)20(29)24-23-19(14)28)11-21-18(27)12-4-1-5-13(10-12)25-8-3-9-32(25,30)31/h1-2,4-7,10H,3,8-9,11H2,(H,21,27)(H,22,26)(H,23,28)(H,24,29). The second kappa shape index (κ2) is 8.30. The molecule has 12 heteroatoms. The van der Waals surface area contributed by atoms with Gasteiger partial charge >= 0.3 is 0 Å². The highest BCUT2D eigenvalue weighted by atomic mass is 32.2. The van der Waals surface area contributed by atoms with Crippen LogP contribution in [0.2, 0.25) is 0 Å². The van der Waals surface area contributed by atoms with Gasteiger partial charge < -0.3 is 10.6 Å². The lowest BCUT2D eigenvalue weighted by atomic mass is 10.1. The first-order chi connectivity index (χ1) is 15.3. The molecule has 32 heavy (non-hydrogen) atoms. The van der Waals surface area contributed by atoms with Crippen LogP contribution in [-0.4, -0.2) is 49.3 Å². The van der Waals surface area contributed by atoms with Crippen LogP contribution in [0.1, 0.15) is 16.8 Å². The molecule has 1 aromatic heterocycles. The number of H-pyrrole nitrogens is 2. The van der Waals surface area contributed by atoms with Crippen molar-refractivity contribution in [2.75, 3.05) is 28.5 Å². The summed E-state index contributed by atoms with van der Waals surface area (Å²) >= 11 is 0. The van der Waals surface area contributed by atoms with Crippen LogP contribution >= 0.6 is 0 Å². The van der Waals surface area contributed by atoms with Crippen molar-refractivity contribution in [3.05, 3.63) is 68.7 Å². The molecule has 166 valence electrons. The molecule has 0 atom stereocenters. The van der Waals surface area contributed by atoms with Gasteiger partial charge in [-0.3, -0.25) is 33.7 Å². The fourth-order valence-electron chi connectivity index (χ4n) is 3.52. The molecule has 3 aromatic rings. The molecule has 1 aliphatic heterocycles. The predicted octanol–water partition coefficient (Wildman–Crippen LogP) is 0.125. The van der Waals surface area contributed by atoms with Gasteiger partial charge in [-0.1, -0.05) is 12.1 Å². The number of rotatable bonds is 5. The molecule has 11 nitrogen and oxygen atoms in total. The lowest BCUT2D eigenvalue weighted by Crippen LogP contribution is -2.33. The molecule has 1 fully saturated rings. The van der Waals surface area contributed by atoms with Gasteiger partial charge in [-0.2, -0.15) is 0 Å². The summed E-state index contributed by atoms with van der Waals surface area (Å²) in [6.45, 7) is -0.0502. The van der Waals surface area contributed by atoms with E-state index in [0.29, 0.717) is 18.7 Å². The summed E-state index contributed by atoms with van der Waals surface area (Å²) in [5.74, 6) is -1.11. The molecule has 2 aromatic carbocycles. The Labute approximate surface area is 181 Å². The number of fused-ring (bicyclic) bond motifs is 1. The number of benzene rings is 2. The topological polar surface area (TPSA) is 161 Å². The molecular weight excluding hydrogens is 438 g/mol. The van der Waals surface area contributed by atoms with Crippen molar-refractivity contribution in [2.45, 2.75) is 6.42 Å². The van der Waals surface area contributed by atoms with E-state index in [4.69, 9.17) is 0 Å². The van der Waals surface area contributed by atoms with Crippen LogP contribution in [0.15, 0.2) is 52.1 Å². The SMILES string of the molecule is O=C(CNC(=O)c1cccc(N2CCCS2(=O)=O)c1)Nc1cccc2c(=O)[nH][nH]c(=O)c12. The maximum atomic E-state index is 12.5. The average Bonchev–Trinajstić information content (AvgIpc) is 3.13. The molecule has 4 rings (SSSR count).